The van der Waals surface area contributed by atoms with Crippen LogP contribution in [0.4, 0.5) is 20.6 Å². The molecule has 67 heavy (non-hydrogen) atoms. The summed E-state index contributed by atoms with van der Waals surface area (Å²) in [5.41, 5.74) is 4.78. The zero-order chi connectivity index (χ0) is 45.5. The molecule has 0 saturated heterocycles. The number of rotatable bonds is 11. The molecule has 0 radical (unpaired) electrons. The van der Waals surface area contributed by atoms with E-state index in [9.17, 15) is 9.59 Å². The SMILES string of the molecule is O=C(Nc1cccc(C(=O)NC23CC4CC(CC(C4)C2)C3)c1)N[C@@H]1N=C(c2ccccc2F)c2ccccc2N(Cc2cn(C(c3ccccc3)(c3ccccc3)c3ccccc3)cn2)C1=O. The minimum Gasteiger partial charge on any atom is -0.347 e. The van der Waals surface area contributed by atoms with Crippen molar-refractivity contribution in [1.82, 2.24) is 20.2 Å². The molecule has 4 bridgehead atoms. The Morgan fingerprint density at radius 2 is 1.25 bits per heavy atom. The summed E-state index contributed by atoms with van der Waals surface area (Å²) in [6.07, 6.45) is 9.14. The molecule has 10 nitrogen and oxygen atoms in total. The third-order valence-electron chi connectivity index (χ3n) is 14.3. The standard InChI is InChI=1S/C56H50FN7O3/c57-48-25-12-10-23-46(48)50-47-24-11-13-26-49(47)64(35-45-34-63(36-58-45)56(41-16-4-1-5-17-41,42-18-6-2-7-19-42)43-20-8-3-9-21-43)53(66)51(60-50)61-54(67)59-44-22-14-15-40(30-44)52(65)62-55-31-37-27-38(32-55)29-39(28-37)33-55/h1-26,30,34,36-39,51H,27-29,31-33,35H2,(H,62,65)(H2,59,61,67)/t37?,38?,39?,51-,55?/m0/s1. The van der Waals surface area contributed by atoms with Gasteiger partial charge in [0.2, 0.25) is 6.17 Å². The third-order valence-corrected chi connectivity index (χ3v) is 14.3. The Balaban J connectivity index is 0.915. The highest BCUT2D eigenvalue weighted by atomic mass is 19.1. The number of aliphatic imine (C=N–C) groups is 1. The van der Waals surface area contributed by atoms with Gasteiger partial charge in [-0.1, -0.05) is 127 Å². The van der Waals surface area contributed by atoms with Crippen LogP contribution in [0.5, 0.6) is 0 Å². The maximum absolute atomic E-state index is 15.8. The average molecular weight is 888 g/mol. The number of nitrogens with one attached hydrogen (secondary N) is 3. The molecule has 4 aliphatic carbocycles. The second-order valence-electron chi connectivity index (χ2n) is 18.7. The van der Waals surface area contributed by atoms with Crippen molar-refractivity contribution in [3.8, 4) is 0 Å². The number of anilines is 2. The van der Waals surface area contributed by atoms with Gasteiger partial charge in [0, 0.05) is 34.1 Å². The first-order valence-corrected chi connectivity index (χ1v) is 23.2. The lowest BCUT2D eigenvalue weighted by atomic mass is 9.53. The van der Waals surface area contributed by atoms with Gasteiger partial charge in [0.05, 0.1) is 30.0 Å². The molecule has 11 heteroatoms. The molecule has 7 aromatic rings. The zero-order valence-corrected chi connectivity index (χ0v) is 36.9. The fraction of sp³-hybridized carbons (Fsp3) is 0.232. The lowest BCUT2D eigenvalue weighted by Crippen LogP contribution is -2.59. The average Bonchev–Trinajstić information content (AvgIpc) is 3.78. The Kier molecular flexibility index (Phi) is 10.8. The Bertz CT molecular complexity index is 2880. The molecule has 334 valence electrons. The number of carbonyl (C=O) groups excluding carboxylic acids is 3. The number of halogens is 1. The van der Waals surface area contributed by atoms with Crippen molar-refractivity contribution in [2.75, 3.05) is 10.2 Å². The van der Waals surface area contributed by atoms with Crippen LogP contribution in [0.2, 0.25) is 0 Å². The summed E-state index contributed by atoms with van der Waals surface area (Å²) in [7, 11) is 0. The molecule has 0 unspecified atom stereocenters. The first kappa shape index (κ1) is 42.0. The van der Waals surface area contributed by atoms with Gasteiger partial charge in [-0.2, -0.15) is 0 Å². The highest BCUT2D eigenvalue weighted by molar-refractivity contribution is 6.20. The van der Waals surface area contributed by atoms with Crippen molar-refractivity contribution in [3.63, 3.8) is 0 Å². The van der Waals surface area contributed by atoms with Crippen LogP contribution in [-0.2, 0) is 16.9 Å². The van der Waals surface area contributed by atoms with Crippen molar-refractivity contribution in [1.29, 1.82) is 0 Å². The molecule has 6 aromatic carbocycles. The lowest BCUT2D eigenvalue weighted by Gasteiger charge is -2.56. The predicted octanol–water partition coefficient (Wildman–Crippen LogP) is 10.1. The normalized spacial score (nSPS) is 21.8. The summed E-state index contributed by atoms with van der Waals surface area (Å²) >= 11 is 0. The summed E-state index contributed by atoms with van der Waals surface area (Å²) in [6.45, 7) is -0.00193. The predicted molar refractivity (Wildman–Crippen MR) is 257 cm³/mol. The Labute approximate surface area is 389 Å². The minimum absolute atomic E-state index is 0.00193. The molecule has 4 fully saturated rings. The minimum atomic E-state index is -1.48. The first-order valence-electron chi connectivity index (χ1n) is 23.2. The van der Waals surface area contributed by atoms with Gasteiger partial charge in [0.1, 0.15) is 11.4 Å². The largest absolute Gasteiger partial charge is 0.347 e. The van der Waals surface area contributed by atoms with Crippen LogP contribution in [0.1, 0.15) is 82.4 Å². The van der Waals surface area contributed by atoms with E-state index in [1.807, 2.05) is 72.9 Å². The van der Waals surface area contributed by atoms with Crippen LogP contribution < -0.4 is 20.9 Å². The van der Waals surface area contributed by atoms with Gasteiger partial charge >= 0.3 is 6.03 Å². The third kappa shape index (κ3) is 7.88. The number of para-hydroxylation sites is 1. The molecule has 1 aliphatic heterocycles. The quantitative estimate of drug-likeness (QED) is 0.112. The number of aromatic nitrogens is 2. The van der Waals surface area contributed by atoms with Crippen LogP contribution in [0, 0.1) is 23.6 Å². The number of hydrogen-bond acceptors (Lipinski definition) is 5. The molecule has 4 saturated carbocycles. The molecular weight excluding hydrogens is 838 g/mol. The van der Waals surface area contributed by atoms with Crippen LogP contribution in [0.25, 0.3) is 0 Å². The van der Waals surface area contributed by atoms with Crippen LogP contribution in [-0.4, -0.2) is 44.8 Å². The van der Waals surface area contributed by atoms with Crippen LogP contribution >= 0.6 is 0 Å². The molecule has 2 heterocycles. The maximum atomic E-state index is 15.8. The van der Waals surface area contributed by atoms with Crippen LogP contribution in [0.15, 0.2) is 181 Å². The van der Waals surface area contributed by atoms with Gasteiger partial charge in [-0.3, -0.25) is 9.59 Å². The van der Waals surface area contributed by atoms with E-state index in [2.05, 4.69) is 56.9 Å². The van der Waals surface area contributed by atoms with E-state index < -0.39 is 29.5 Å². The second kappa shape index (κ2) is 17.3. The van der Waals surface area contributed by atoms with Gasteiger partial charge in [-0.25, -0.2) is 19.2 Å². The molecule has 5 aliphatic rings. The molecule has 1 atom stereocenters. The van der Waals surface area contributed by atoms with Gasteiger partial charge in [0.25, 0.3) is 11.8 Å². The summed E-state index contributed by atoms with van der Waals surface area (Å²) < 4.78 is 17.9. The molecule has 1 aromatic heterocycles. The van der Waals surface area contributed by atoms with Crippen molar-refractivity contribution >= 4 is 34.9 Å². The van der Waals surface area contributed by atoms with E-state index in [0.29, 0.717) is 45.9 Å². The highest BCUT2D eigenvalue weighted by Crippen LogP contribution is 2.55. The Hall–Kier alpha value is -7.66. The highest BCUT2D eigenvalue weighted by Gasteiger charge is 2.51. The van der Waals surface area contributed by atoms with E-state index in [4.69, 9.17) is 9.98 Å². The number of fused-ring (bicyclic) bond motifs is 1. The Morgan fingerprint density at radius 1 is 0.687 bits per heavy atom. The Morgan fingerprint density at radius 3 is 1.87 bits per heavy atom. The number of nitrogens with zero attached hydrogens (tertiary/aromatic N) is 4. The number of carbonyl (C=O) groups is 3. The molecule has 4 amide bonds. The van der Waals surface area contributed by atoms with E-state index in [-0.39, 0.29) is 29.3 Å². The van der Waals surface area contributed by atoms with Crippen LogP contribution in [0.3, 0.4) is 0 Å². The number of amides is 4. The van der Waals surface area contributed by atoms with E-state index in [1.54, 1.807) is 65.8 Å². The molecule has 3 N–H and O–H groups in total. The maximum Gasteiger partial charge on any atom is 0.321 e. The van der Waals surface area contributed by atoms with Crippen molar-refractivity contribution in [2.45, 2.75) is 62.3 Å². The van der Waals surface area contributed by atoms with Gasteiger partial charge in [0.15, 0.2) is 0 Å². The molecule has 0 spiro atoms. The van der Waals surface area contributed by atoms with Crippen molar-refractivity contribution < 1.29 is 18.8 Å². The summed E-state index contributed by atoms with van der Waals surface area (Å²) in [5, 5.41) is 9.06. The van der Waals surface area contributed by atoms with Gasteiger partial charge in [-0.15, -0.1) is 0 Å². The number of hydrogen-bond donors (Lipinski definition) is 3. The lowest BCUT2D eigenvalue weighted by molar-refractivity contribution is -0.120. The van der Waals surface area contributed by atoms with E-state index in [1.165, 1.54) is 25.3 Å². The van der Waals surface area contributed by atoms with Crippen molar-refractivity contribution in [3.05, 3.63) is 221 Å². The van der Waals surface area contributed by atoms with Gasteiger partial charge in [-0.05, 0) is 109 Å². The number of urea groups is 1. The monoisotopic (exact) mass is 887 g/mol. The van der Waals surface area contributed by atoms with E-state index >= 15 is 9.18 Å². The number of imidazole rings is 1. The number of benzodiazepines with no additional fused rings is 1. The summed E-state index contributed by atoms with van der Waals surface area (Å²) in [4.78, 5) is 54.2. The molecular formula is C56H50FN7O3. The topological polar surface area (TPSA) is 121 Å². The van der Waals surface area contributed by atoms with Gasteiger partial charge < -0.3 is 25.4 Å². The molecule has 12 rings (SSSR count). The fourth-order valence-electron chi connectivity index (χ4n) is 11.9. The zero-order valence-electron chi connectivity index (χ0n) is 36.9. The summed E-state index contributed by atoms with van der Waals surface area (Å²) in [5.74, 6) is 0.797. The summed E-state index contributed by atoms with van der Waals surface area (Å²) in [6, 6.07) is 50.3. The van der Waals surface area contributed by atoms with E-state index in [0.717, 1.165) is 36.0 Å². The smallest absolute Gasteiger partial charge is 0.321 e. The first-order chi connectivity index (χ1) is 32.7. The fourth-order valence-corrected chi connectivity index (χ4v) is 11.9. The van der Waals surface area contributed by atoms with Crippen molar-refractivity contribution in [2.24, 2.45) is 22.7 Å². The number of benzene rings is 6. The second-order valence-corrected chi connectivity index (χ2v) is 18.7.